The Morgan fingerprint density at radius 3 is 2.54 bits per heavy atom. The number of nitrogens with zero attached hydrogens (tertiary/aromatic N) is 3. The van der Waals surface area contributed by atoms with Crippen molar-refractivity contribution < 1.29 is 4.74 Å². The number of aryl methyl sites for hydroxylation is 1. The molecule has 4 aliphatic rings. The summed E-state index contributed by atoms with van der Waals surface area (Å²) in [4.78, 5) is 10.2. The van der Waals surface area contributed by atoms with Crippen LogP contribution < -0.4 is 14.5 Å². The fourth-order valence-electron chi connectivity index (χ4n) is 7.37. The lowest BCUT2D eigenvalue weighted by Gasteiger charge is -2.49. The molecule has 8 rings (SSSR count). The lowest BCUT2D eigenvalue weighted by molar-refractivity contribution is 0.0696. The molecule has 0 amide bonds. The molecule has 0 N–H and O–H groups in total. The summed E-state index contributed by atoms with van der Waals surface area (Å²) in [6, 6.07) is 26.8. The average Bonchev–Trinajstić information content (AvgIpc) is 3.43. The maximum atomic E-state index is 7.29. The van der Waals surface area contributed by atoms with E-state index < -0.39 is 5.72 Å². The minimum atomic E-state index is -0.666. The van der Waals surface area contributed by atoms with E-state index in [1.54, 1.807) is 0 Å². The van der Waals surface area contributed by atoms with Crippen LogP contribution >= 0.6 is 0 Å². The Hall–Kier alpha value is -3.79. The molecule has 4 nitrogen and oxygen atoms in total. The number of para-hydroxylation sites is 2. The molecule has 37 heavy (non-hydrogen) atoms. The van der Waals surface area contributed by atoms with Gasteiger partial charge in [0.15, 0.2) is 5.75 Å². The Bertz CT molecular complexity index is 1640. The minimum absolute atomic E-state index is 0.260. The van der Waals surface area contributed by atoms with Crippen molar-refractivity contribution in [2.45, 2.75) is 57.2 Å². The largest absolute Gasteiger partial charge is 0.459 e. The van der Waals surface area contributed by atoms with Gasteiger partial charge in [-0.3, -0.25) is 4.99 Å². The first-order chi connectivity index (χ1) is 18.0. The third-order valence-electron chi connectivity index (χ3n) is 9.33. The van der Waals surface area contributed by atoms with Gasteiger partial charge in [-0.1, -0.05) is 60.7 Å². The van der Waals surface area contributed by atoms with Gasteiger partial charge in [0.1, 0.15) is 5.69 Å². The summed E-state index contributed by atoms with van der Waals surface area (Å²) in [5, 5.41) is 2.36. The van der Waals surface area contributed by atoms with E-state index in [0.717, 1.165) is 42.6 Å². The first kappa shape index (κ1) is 21.3. The highest BCUT2D eigenvalue weighted by Gasteiger charge is 2.62. The molecule has 1 unspecified atom stereocenters. The average molecular weight is 486 g/mol. The summed E-state index contributed by atoms with van der Waals surface area (Å²) in [6.45, 7) is 7.95. The smallest absolute Gasteiger partial charge is 0.229 e. The molecular formula is C33H31N3O. The zero-order valence-corrected chi connectivity index (χ0v) is 21.7. The molecule has 0 saturated carbocycles. The van der Waals surface area contributed by atoms with Crippen LogP contribution in [-0.4, -0.2) is 24.5 Å². The van der Waals surface area contributed by atoms with Gasteiger partial charge in [0, 0.05) is 40.8 Å². The molecule has 0 aliphatic carbocycles. The van der Waals surface area contributed by atoms with Crippen LogP contribution in [0.5, 0.6) is 5.75 Å². The van der Waals surface area contributed by atoms with Crippen molar-refractivity contribution in [2.75, 3.05) is 16.3 Å². The first-order valence-electron chi connectivity index (χ1n) is 13.6. The first-order valence-corrected chi connectivity index (χ1v) is 13.6. The zero-order chi connectivity index (χ0) is 24.9. The van der Waals surface area contributed by atoms with Crippen molar-refractivity contribution in [2.24, 2.45) is 4.99 Å². The third-order valence-corrected chi connectivity index (χ3v) is 9.33. The predicted molar refractivity (Wildman–Crippen MR) is 152 cm³/mol. The minimum Gasteiger partial charge on any atom is -0.459 e. The van der Waals surface area contributed by atoms with Gasteiger partial charge in [-0.2, -0.15) is 0 Å². The predicted octanol–water partition coefficient (Wildman–Crippen LogP) is 7.46. The Labute approximate surface area is 218 Å². The molecule has 184 valence electrons. The second kappa shape index (κ2) is 7.16. The van der Waals surface area contributed by atoms with Gasteiger partial charge in [-0.25, -0.2) is 0 Å². The number of fused-ring (bicyclic) bond motifs is 5. The fraction of sp³-hybridized carbons (Fsp3) is 0.303. The molecule has 4 aromatic carbocycles. The number of ether oxygens (including phenoxy) is 1. The van der Waals surface area contributed by atoms with E-state index in [9.17, 15) is 0 Å². The highest BCUT2D eigenvalue weighted by molar-refractivity contribution is 6.07. The summed E-state index contributed by atoms with van der Waals surface area (Å²) < 4.78 is 7.29. The van der Waals surface area contributed by atoms with Crippen LogP contribution in [0, 0.1) is 0 Å². The maximum absolute atomic E-state index is 7.29. The van der Waals surface area contributed by atoms with Gasteiger partial charge in [0.2, 0.25) is 5.72 Å². The summed E-state index contributed by atoms with van der Waals surface area (Å²) in [5.74, 6) is 0.876. The monoisotopic (exact) mass is 485 g/mol. The molecule has 4 aromatic rings. The van der Waals surface area contributed by atoms with Crippen molar-refractivity contribution in [3.63, 3.8) is 0 Å². The van der Waals surface area contributed by atoms with E-state index in [1.807, 2.05) is 0 Å². The fourth-order valence-corrected chi connectivity index (χ4v) is 7.37. The van der Waals surface area contributed by atoms with E-state index in [4.69, 9.17) is 9.73 Å². The van der Waals surface area contributed by atoms with Gasteiger partial charge >= 0.3 is 0 Å². The topological polar surface area (TPSA) is 28.1 Å². The van der Waals surface area contributed by atoms with Crippen LogP contribution in [0.1, 0.15) is 43.9 Å². The maximum Gasteiger partial charge on any atom is 0.229 e. The highest BCUT2D eigenvalue weighted by atomic mass is 16.5. The number of hydrogen-bond acceptors (Lipinski definition) is 4. The summed E-state index contributed by atoms with van der Waals surface area (Å²) in [5.41, 5.74) is 8.06. The van der Waals surface area contributed by atoms with Crippen LogP contribution in [0.2, 0.25) is 0 Å². The molecule has 4 aliphatic heterocycles. The van der Waals surface area contributed by atoms with Crippen LogP contribution in [0.15, 0.2) is 77.8 Å². The second-order valence-corrected chi connectivity index (χ2v) is 11.6. The Morgan fingerprint density at radius 2 is 1.65 bits per heavy atom. The third kappa shape index (κ3) is 2.61. The summed E-state index contributed by atoms with van der Waals surface area (Å²) in [7, 11) is 0. The molecule has 0 saturated heterocycles. The van der Waals surface area contributed by atoms with Crippen LogP contribution in [0.3, 0.4) is 0 Å². The van der Waals surface area contributed by atoms with Gasteiger partial charge in [-0.05, 0) is 62.8 Å². The van der Waals surface area contributed by atoms with Crippen molar-refractivity contribution in [3.8, 4) is 5.75 Å². The van der Waals surface area contributed by atoms with Gasteiger partial charge in [0.25, 0.3) is 0 Å². The van der Waals surface area contributed by atoms with Crippen LogP contribution in [0.25, 0.3) is 10.8 Å². The quantitative estimate of drug-likeness (QED) is 0.280. The highest BCUT2D eigenvalue weighted by Crippen LogP contribution is 2.59. The number of hydrogen-bond donors (Lipinski definition) is 0. The number of anilines is 3. The van der Waals surface area contributed by atoms with Crippen molar-refractivity contribution >= 4 is 39.7 Å². The SMILES string of the molecule is CC1CCc2cccc3c2N1[C@]1(C=Nc2c(cc(N4CCc5ccccc54)c4ccccc24)O1)C3(C)C. The Morgan fingerprint density at radius 1 is 0.865 bits per heavy atom. The van der Waals surface area contributed by atoms with E-state index in [0.29, 0.717) is 6.04 Å². The molecule has 4 heteroatoms. The van der Waals surface area contributed by atoms with E-state index in [-0.39, 0.29) is 5.41 Å². The Balaban J connectivity index is 1.35. The Kier molecular flexibility index (Phi) is 4.12. The molecule has 2 atom stereocenters. The van der Waals surface area contributed by atoms with Gasteiger partial charge in [0.05, 0.1) is 17.3 Å². The number of benzene rings is 4. The van der Waals surface area contributed by atoms with Crippen molar-refractivity contribution in [3.05, 3.63) is 89.5 Å². The molecule has 4 heterocycles. The summed E-state index contributed by atoms with van der Waals surface area (Å²) in [6.07, 6.45) is 5.40. The van der Waals surface area contributed by atoms with Crippen LogP contribution in [-0.2, 0) is 18.3 Å². The van der Waals surface area contributed by atoms with Crippen LogP contribution in [0.4, 0.5) is 22.7 Å². The normalized spacial score (nSPS) is 24.2. The molecular weight excluding hydrogens is 454 g/mol. The molecule has 0 bridgehead atoms. The zero-order valence-electron chi connectivity index (χ0n) is 21.7. The summed E-state index contributed by atoms with van der Waals surface area (Å²) >= 11 is 0. The standard InChI is InChI=1S/C33H31N3O/c1-21-15-16-23-10-8-13-26-31(23)36(21)33(32(26,2)3)20-34-30-25-12-6-5-11-24(25)28(19-29(30)37-33)35-18-17-22-9-4-7-14-27(22)35/h4-14,19-21H,15-18H2,1-3H3/t21?,33-/m0/s1. The second-order valence-electron chi connectivity index (χ2n) is 11.6. The number of rotatable bonds is 1. The number of aliphatic imine (C=N–C) groups is 1. The molecule has 1 spiro atoms. The molecule has 0 fully saturated rings. The van der Waals surface area contributed by atoms with E-state index in [2.05, 4.69) is 110 Å². The molecule has 0 radical (unpaired) electrons. The van der Waals surface area contributed by atoms with E-state index >= 15 is 0 Å². The van der Waals surface area contributed by atoms with Gasteiger partial charge in [-0.15, -0.1) is 0 Å². The van der Waals surface area contributed by atoms with Crippen molar-refractivity contribution in [1.82, 2.24) is 0 Å². The lowest BCUT2D eigenvalue weighted by Crippen LogP contribution is -2.65. The molecule has 0 aromatic heterocycles. The van der Waals surface area contributed by atoms with E-state index in [1.165, 1.54) is 39.1 Å². The van der Waals surface area contributed by atoms with Gasteiger partial charge < -0.3 is 14.5 Å². The van der Waals surface area contributed by atoms with Crippen molar-refractivity contribution in [1.29, 1.82) is 0 Å². The lowest BCUT2D eigenvalue weighted by atomic mass is 9.77.